The van der Waals surface area contributed by atoms with Crippen LogP contribution in [0.2, 0.25) is 0 Å². The summed E-state index contributed by atoms with van der Waals surface area (Å²) in [7, 11) is 1.74. The molecule has 0 spiro atoms. The van der Waals surface area contributed by atoms with E-state index in [9.17, 15) is 0 Å². The monoisotopic (exact) mass is 388 g/mol. The van der Waals surface area contributed by atoms with Crippen LogP contribution in [-0.2, 0) is 0 Å². The Morgan fingerprint density at radius 1 is 1.14 bits per heavy atom. The van der Waals surface area contributed by atoms with Crippen molar-refractivity contribution < 1.29 is 4.52 Å². The molecule has 150 valence electrons. The number of benzene rings is 2. The van der Waals surface area contributed by atoms with Crippen molar-refractivity contribution in [2.45, 2.75) is 27.7 Å². The smallest absolute Gasteiger partial charge is 0.141 e. The quantitative estimate of drug-likeness (QED) is 0.572. The highest BCUT2D eigenvalue weighted by Gasteiger charge is 2.16. The van der Waals surface area contributed by atoms with Gasteiger partial charge in [-0.1, -0.05) is 29.4 Å². The van der Waals surface area contributed by atoms with Gasteiger partial charge in [0, 0.05) is 48.5 Å². The van der Waals surface area contributed by atoms with E-state index in [0.717, 1.165) is 45.9 Å². The van der Waals surface area contributed by atoms with Crippen molar-refractivity contribution in [2.75, 3.05) is 18.5 Å². The van der Waals surface area contributed by atoms with Gasteiger partial charge in [-0.15, -0.1) is 0 Å². The topological polar surface area (TPSA) is 67.7 Å². The molecule has 2 aromatic carbocycles. The minimum absolute atomic E-state index is 0.836. The Balaban J connectivity index is 2.01. The largest absolute Gasteiger partial charge is 0.404 e. The maximum Gasteiger partial charge on any atom is 0.141 e. The fourth-order valence-corrected chi connectivity index (χ4v) is 3.63. The highest BCUT2D eigenvalue weighted by atomic mass is 16.5. The number of aliphatic imine (C=N–C) groups is 1. The van der Waals surface area contributed by atoms with Crippen LogP contribution >= 0.6 is 0 Å². The molecule has 0 bridgehead atoms. The minimum Gasteiger partial charge on any atom is -0.404 e. The van der Waals surface area contributed by atoms with E-state index in [0.29, 0.717) is 0 Å². The van der Waals surface area contributed by atoms with Crippen molar-refractivity contribution in [3.63, 3.8) is 0 Å². The molecule has 5 heteroatoms. The third-order valence-electron chi connectivity index (χ3n) is 5.10. The van der Waals surface area contributed by atoms with Crippen LogP contribution in [0.5, 0.6) is 0 Å². The maximum atomic E-state index is 5.74. The number of aryl methyl sites for hydroxylation is 3. The lowest BCUT2D eigenvalue weighted by molar-refractivity contribution is 0.393. The van der Waals surface area contributed by atoms with Crippen LogP contribution in [-0.4, -0.2) is 25.0 Å². The highest BCUT2D eigenvalue weighted by Crippen LogP contribution is 2.35. The first-order valence-electron chi connectivity index (χ1n) is 9.76. The van der Waals surface area contributed by atoms with E-state index in [2.05, 4.69) is 71.4 Å². The molecule has 5 nitrogen and oxygen atoms in total. The van der Waals surface area contributed by atoms with Crippen LogP contribution in [0.3, 0.4) is 0 Å². The average molecular weight is 389 g/mol. The van der Waals surface area contributed by atoms with Gasteiger partial charge in [0.15, 0.2) is 0 Å². The van der Waals surface area contributed by atoms with Gasteiger partial charge in [0.05, 0.1) is 5.69 Å². The fraction of sp³-hybridized carbons (Fsp3) is 0.250. The molecular formula is C24H28N4O. The molecule has 0 aliphatic carbocycles. The number of aromatic nitrogens is 1. The number of hydrogen-bond acceptors (Lipinski definition) is 5. The Morgan fingerprint density at radius 3 is 2.41 bits per heavy atom. The first-order chi connectivity index (χ1) is 14.0. The van der Waals surface area contributed by atoms with E-state index in [4.69, 9.17) is 10.3 Å². The molecule has 0 saturated carbocycles. The molecule has 0 aliphatic heterocycles. The summed E-state index contributed by atoms with van der Waals surface area (Å²) in [6, 6.07) is 14.9. The van der Waals surface area contributed by atoms with Gasteiger partial charge in [-0.3, -0.25) is 4.99 Å². The third kappa shape index (κ3) is 4.09. The molecule has 1 heterocycles. The Bertz CT molecular complexity index is 1030. The van der Waals surface area contributed by atoms with Gasteiger partial charge in [-0.05, 0) is 62.6 Å². The Morgan fingerprint density at radius 2 is 1.86 bits per heavy atom. The van der Waals surface area contributed by atoms with Crippen molar-refractivity contribution in [2.24, 2.45) is 10.7 Å². The molecule has 0 unspecified atom stereocenters. The Kier molecular flexibility index (Phi) is 6.17. The number of allylic oxidation sites excluding steroid dienone is 1. The van der Waals surface area contributed by atoms with E-state index < -0.39 is 0 Å². The molecular weight excluding hydrogens is 360 g/mol. The number of nitrogens with zero attached hydrogens (tertiary/aromatic N) is 3. The van der Waals surface area contributed by atoms with E-state index >= 15 is 0 Å². The summed E-state index contributed by atoms with van der Waals surface area (Å²) in [5.41, 5.74) is 14.3. The van der Waals surface area contributed by atoms with Gasteiger partial charge in [0.1, 0.15) is 5.76 Å². The molecule has 29 heavy (non-hydrogen) atoms. The summed E-state index contributed by atoms with van der Waals surface area (Å²) in [4.78, 5) is 6.37. The summed E-state index contributed by atoms with van der Waals surface area (Å²) < 4.78 is 5.37. The molecule has 0 fully saturated rings. The second kappa shape index (κ2) is 8.78. The number of rotatable bonds is 6. The summed E-state index contributed by atoms with van der Waals surface area (Å²) >= 11 is 0. The van der Waals surface area contributed by atoms with Gasteiger partial charge >= 0.3 is 0 Å². The summed E-state index contributed by atoms with van der Waals surface area (Å²) in [6.07, 6.45) is 3.35. The molecule has 0 aliphatic rings. The van der Waals surface area contributed by atoms with E-state index in [-0.39, 0.29) is 0 Å². The molecule has 0 atom stereocenters. The maximum absolute atomic E-state index is 5.74. The van der Waals surface area contributed by atoms with Crippen molar-refractivity contribution >= 4 is 23.2 Å². The van der Waals surface area contributed by atoms with Crippen LogP contribution in [0.25, 0.3) is 16.7 Å². The lowest BCUT2D eigenvalue weighted by atomic mass is 10.0. The SMILES string of the molecule is CCN(c1ccc(C(C=NC)=CN)cc1)c1cc(-c2c(C)noc2C)ccc1C. The lowest BCUT2D eigenvalue weighted by Crippen LogP contribution is -2.17. The number of anilines is 2. The van der Waals surface area contributed by atoms with Crippen LogP contribution < -0.4 is 10.6 Å². The number of hydrogen-bond donors (Lipinski definition) is 1. The molecule has 0 radical (unpaired) electrons. The first-order valence-corrected chi connectivity index (χ1v) is 9.76. The Labute approximate surface area is 172 Å². The van der Waals surface area contributed by atoms with Crippen LogP contribution in [0.15, 0.2) is 58.2 Å². The molecule has 0 saturated heterocycles. The Hall–Kier alpha value is -3.34. The highest BCUT2D eigenvalue weighted by molar-refractivity contribution is 6.09. The average Bonchev–Trinajstić information content (AvgIpc) is 3.07. The standard InChI is InChI=1S/C24H28N4O/c1-6-28(22-11-9-19(10-12-22)21(14-25)15-26-5)23-13-20(8-7-16(23)2)24-17(3)27-29-18(24)4/h7-15H,6,25H2,1-5H3. The molecule has 3 rings (SSSR count). The van der Waals surface area contributed by atoms with Crippen LogP contribution in [0.4, 0.5) is 11.4 Å². The zero-order chi connectivity index (χ0) is 21.0. The zero-order valence-electron chi connectivity index (χ0n) is 17.7. The van der Waals surface area contributed by atoms with Crippen LogP contribution in [0, 0.1) is 20.8 Å². The van der Waals surface area contributed by atoms with E-state index in [1.54, 1.807) is 19.5 Å². The first kappa shape index (κ1) is 20.4. The zero-order valence-corrected chi connectivity index (χ0v) is 17.7. The second-order valence-electron chi connectivity index (χ2n) is 7.00. The molecule has 1 aromatic heterocycles. The third-order valence-corrected chi connectivity index (χ3v) is 5.10. The van der Waals surface area contributed by atoms with E-state index in [1.807, 2.05) is 13.8 Å². The van der Waals surface area contributed by atoms with Gasteiger partial charge < -0.3 is 15.2 Å². The molecule has 2 N–H and O–H groups in total. The predicted molar refractivity (Wildman–Crippen MR) is 122 cm³/mol. The summed E-state index contributed by atoms with van der Waals surface area (Å²) in [5, 5.41) is 4.10. The summed E-state index contributed by atoms with van der Waals surface area (Å²) in [5.74, 6) is 0.836. The molecule has 0 amide bonds. The normalized spacial score (nSPS) is 12.0. The van der Waals surface area contributed by atoms with Crippen molar-refractivity contribution in [1.29, 1.82) is 0 Å². The van der Waals surface area contributed by atoms with Gasteiger partial charge in [-0.25, -0.2) is 0 Å². The fourth-order valence-electron chi connectivity index (χ4n) is 3.63. The van der Waals surface area contributed by atoms with Crippen LogP contribution in [0.1, 0.15) is 29.5 Å². The molecule has 3 aromatic rings. The van der Waals surface area contributed by atoms with Gasteiger partial charge in [-0.2, -0.15) is 0 Å². The lowest BCUT2D eigenvalue weighted by Gasteiger charge is -2.26. The van der Waals surface area contributed by atoms with Gasteiger partial charge in [0.2, 0.25) is 0 Å². The van der Waals surface area contributed by atoms with Crippen molar-refractivity contribution in [3.8, 4) is 11.1 Å². The van der Waals surface area contributed by atoms with Gasteiger partial charge in [0.25, 0.3) is 0 Å². The summed E-state index contributed by atoms with van der Waals surface area (Å²) in [6.45, 7) is 9.07. The van der Waals surface area contributed by atoms with E-state index in [1.165, 1.54) is 11.3 Å². The van der Waals surface area contributed by atoms with Crippen molar-refractivity contribution in [1.82, 2.24) is 5.16 Å². The van der Waals surface area contributed by atoms with Crippen molar-refractivity contribution in [3.05, 3.63) is 71.2 Å². The predicted octanol–water partition coefficient (Wildman–Crippen LogP) is 5.43. The number of nitrogens with two attached hydrogens (primary N) is 1. The minimum atomic E-state index is 0.836. The second-order valence-corrected chi connectivity index (χ2v) is 7.00.